The molecule has 0 aromatic carbocycles. The minimum Gasteiger partial charge on any atom is -0.390 e. The predicted octanol–water partition coefficient (Wildman–Crippen LogP) is -0.803. The summed E-state index contributed by atoms with van der Waals surface area (Å²) in [4.78, 5) is 22.0. The van der Waals surface area contributed by atoms with Gasteiger partial charge in [0, 0.05) is 12.1 Å². The summed E-state index contributed by atoms with van der Waals surface area (Å²) in [5, 5.41) is 19.0. The van der Waals surface area contributed by atoms with Gasteiger partial charge in [0.1, 0.15) is 6.54 Å². The van der Waals surface area contributed by atoms with E-state index in [1.54, 1.807) is 17.9 Å². The number of hydrogen-bond acceptors (Lipinski definition) is 9. The number of anilines is 1. The number of hydrazine groups is 1. The Hall–Kier alpha value is -3.15. The van der Waals surface area contributed by atoms with Crippen molar-refractivity contribution >= 4 is 22.8 Å². The highest BCUT2D eigenvalue weighted by molar-refractivity contribution is 5.86. The molecule has 12 heteroatoms. The fraction of sp³-hybridized carbons (Fsp3) is 0.222. The molecule has 3 aromatic heterocycles. The normalized spacial score (nSPS) is 11.0. The second kappa shape index (κ2) is 4.75. The third kappa shape index (κ3) is 2.23. The van der Waals surface area contributed by atoms with Crippen molar-refractivity contribution in [2.24, 2.45) is 12.9 Å². The van der Waals surface area contributed by atoms with Crippen LogP contribution in [0.2, 0.25) is 0 Å². The first kappa shape index (κ1) is 12.9. The number of fused-ring (bicyclic) bond motifs is 1. The lowest BCUT2D eigenvalue weighted by Gasteiger charge is -2.04. The van der Waals surface area contributed by atoms with Gasteiger partial charge in [-0.1, -0.05) is 4.98 Å². The van der Waals surface area contributed by atoms with Crippen molar-refractivity contribution in [1.29, 1.82) is 0 Å². The second-order valence-electron chi connectivity index (χ2n) is 4.14. The van der Waals surface area contributed by atoms with Gasteiger partial charge in [-0.2, -0.15) is 9.78 Å². The van der Waals surface area contributed by atoms with E-state index in [-0.39, 0.29) is 6.54 Å². The van der Waals surface area contributed by atoms with Crippen LogP contribution in [0.4, 0.5) is 11.8 Å². The Labute approximate surface area is 116 Å². The summed E-state index contributed by atoms with van der Waals surface area (Å²) in [5.74, 6) is 5.74. The molecule has 3 heterocycles. The van der Waals surface area contributed by atoms with E-state index >= 15 is 0 Å². The second-order valence-corrected chi connectivity index (χ2v) is 4.14. The van der Waals surface area contributed by atoms with Gasteiger partial charge in [0.25, 0.3) is 0 Å². The van der Waals surface area contributed by atoms with Crippen LogP contribution in [0.25, 0.3) is 11.0 Å². The number of aromatic nitrogens is 7. The number of hydrogen-bond donors (Lipinski definition) is 2. The number of nitrogens with zero attached hydrogens (tertiary/aromatic N) is 8. The number of nitrogens with two attached hydrogens (primary N) is 1. The highest BCUT2D eigenvalue weighted by Gasteiger charge is 2.16. The number of aryl methyl sites for hydroxylation is 1. The minimum absolute atomic E-state index is 0.122. The Morgan fingerprint density at radius 1 is 1.48 bits per heavy atom. The van der Waals surface area contributed by atoms with Crippen molar-refractivity contribution in [3.63, 3.8) is 0 Å². The van der Waals surface area contributed by atoms with Gasteiger partial charge in [-0.15, -0.1) is 0 Å². The predicted molar refractivity (Wildman–Crippen MR) is 69.9 cm³/mol. The van der Waals surface area contributed by atoms with Gasteiger partial charge in [0.15, 0.2) is 17.3 Å². The summed E-state index contributed by atoms with van der Waals surface area (Å²) in [7, 11) is 1.74. The molecular formula is C9H10N10O2. The van der Waals surface area contributed by atoms with Crippen molar-refractivity contribution < 1.29 is 4.92 Å². The Morgan fingerprint density at radius 3 is 2.95 bits per heavy atom. The first-order valence-electron chi connectivity index (χ1n) is 5.77. The van der Waals surface area contributed by atoms with Gasteiger partial charge < -0.3 is 15.5 Å². The molecule has 0 amide bonds. The molecule has 0 aliphatic heterocycles. The quantitative estimate of drug-likeness (QED) is 0.356. The zero-order chi connectivity index (χ0) is 15.0. The van der Waals surface area contributed by atoms with E-state index in [1.165, 1.54) is 11.0 Å². The third-order valence-electron chi connectivity index (χ3n) is 2.77. The zero-order valence-corrected chi connectivity index (χ0v) is 10.8. The molecule has 0 aliphatic rings. The van der Waals surface area contributed by atoms with E-state index < -0.39 is 10.9 Å². The summed E-state index contributed by atoms with van der Waals surface area (Å²) in [6.07, 6.45) is 2.83. The third-order valence-corrected chi connectivity index (χ3v) is 2.77. The van der Waals surface area contributed by atoms with Crippen LogP contribution in [0.15, 0.2) is 12.5 Å². The summed E-state index contributed by atoms with van der Waals surface area (Å²) >= 11 is 0. The van der Waals surface area contributed by atoms with Crippen molar-refractivity contribution in [1.82, 2.24) is 34.5 Å². The Morgan fingerprint density at radius 2 is 2.29 bits per heavy atom. The van der Waals surface area contributed by atoms with E-state index in [9.17, 15) is 10.1 Å². The minimum atomic E-state index is -0.672. The van der Waals surface area contributed by atoms with Gasteiger partial charge >= 0.3 is 5.95 Å². The Kier molecular flexibility index (Phi) is 2.91. The Bertz CT molecular complexity index is 821. The van der Waals surface area contributed by atoms with Crippen LogP contribution in [0.5, 0.6) is 0 Å². The van der Waals surface area contributed by atoms with E-state index in [2.05, 4.69) is 30.6 Å². The SMILES string of the molecule is Cn1ncc2c(NN)nc(Cn3cnc([N+](=O)[O-])n3)nc21. The van der Waals surface area contributed by atoms with Crippen molar-refractivity contribution in [2.45, 2.75) is 6.54 Å². The Balaban J connectivity index is 1.99. The number of rotatable bonds is 4. The molecule has 0 unspecified atom stereocenters. The number of nitrogens with one attached hydrogen (secondary N) is 1. The zero-order valence-electron chi connectivity index (χ0n) is 10.8. The molecule has 3 N–H and O–H groups in total. The average molecular weight is 290 g/mol. The summed E-state index contributed by atoms with van der Waals surface area (Å²) in [6, 6.07) is 0. The first-order valence-corrected chi connectivity index (χ1v) is 5.77. The molecule has 0 radical (unpaired) electrons. The van der Waals surface area contributed by atoms with Crippen LogP contribution >= 0.6 is 0 Å². The molecular weight excluding hydrogens is 280 g/mol. The van der Waals surface area contributed by atoms with Crippen LogP contribution in [-0.2, 0) is 13.6 Å². The molecule has 3 aromatic rings. The number of nitro groups is 1. The fourth-order valence-electron chi connectivity index (χ4n) is 1.84. The molecule has 21 heavy (non-hydrogen) atoms. The average Bonchev–Trinajstić information content (AvgIpc) is 3.06. The highest BCUT2D eigenvalue weighted by atomic mass is 16.6. The van der Waals surface area contributed by atoms with E-state index in [0.29, 0.717) is 22.7 Å². The van der Waals surface area contributed by atoms with Gasteiger partial charge in [-0.3, -0.25) is 4.68 Å². The van der Waals surface area contributed by atoms with Crippen LogP contribution in [-0.4, -0.2) is 39.4 Å². The monoisotopic (exact) mass is 290 g/mol. The molecule has 0 saturated carbocycles. The van der Waals surface area contributed by atoms with Crippen LogP contribution in [0, 0.1) is 10.1 Å². The maximum atomic E-state index is 10.5. The molecule has 0 fully saturated rings. The smallest absolute Gasteiger partial charge is 0.390 e. The molecule has 0 aliphatic carbocycles. The highest BCUT2D eigenvalue weighted by Crippen LogP contribution is 2.18. The van der Waals surface area contributed by atoms with Crippen molar-refractivity contribution in [3.8, 4) is 0 Å². The lowest BCUT2D eigenvalue weighted by molar-refractivity contribution is -0.394. The topological polar surface area (TPSA) is 156 Å². The summed E-state index contributed by atoms with van der Waals surface area (Å²) < 4.78 is 2.85. The van der Waals surface area contributed by atoms with Crippen LogP contribution in [0.1, 0.15) is 5.82 Å². The molecule has 0 spiro atoms. The van der Waals surface area contributed by atoms with E-state index in [0.717, 1.165) is 0 Å². The summed E-state index contributed by atoms with van der Waals surface area (Å²) in [6.45, 7) is 0.122. The van der Waals surface area contributed by atoms with Gasteiger partial charge in [0.05, 0.1) is 11.6 Å². The van der Waals surface area contributed by atoms with Crippen molar-refractivity contribution in [3.05, 3.63) is 28.5 Å². The fourth-order valence-corrected chi connectivity index (χ4v) is 1.84. The molecule has 0 bridgehead atoms. The maximum Gasteiger partial charge on any atom is 0.490 e. The first-order chi connectivity index (χ1) is 10.1. The molecule has 12 nitrogen and oxygen atoms in total. The molecule has 0 saturated heterocycles. The number of nitrogen functional groups attached to an aromatic ring is 1. The van der Waals surface area contributed by atoms with Gasteiger partial charge in [-0.05, 0) is 4.92 Å². The molecule has 108 valence electrons. The van der Waals surface area contributed by atoms with Gasteiger partial charge in [0.2, 0.25) is 6.33 Å². The van der Waals surface area contributed by atoms with Crippen LogP contribution in [0.3, 0.4) is 0 Å². The standard InChI is InChI=1S/C9H10N10O2/c1-17-8-5(2-12-17)7(15-10)13-6(14-8)3-18-4-11-9(16-18)19(20)21/h2,4H,3,10H2,1H3,(H,13,14,15). The van der Waals surface area contributed by atoms with E-state index in [1.807, 2.05) is 0 Å². The summed E-state index contributed by atoms with van der Waals surface area (Å²) in [5.41, 5.74) is 3.06. The largest absolute Gasteiger partial charge is 0.490 e. The van der Waals surface area contributed by atoms with Crippen molar-refractivity contribution in [2.75, 3.05) is 5.43 Å². The lowest BCUT2D eigenvalue weighted by atomic mass is 10.4. The maximum absolute atomic E-state index is 10.5. The molecule has 0 atom stereocenters. The van der Waals surface area contributed by atoms with Crippen LogP contribution < -0.4 is 11.3 Å². The molecule has 3 rings (SSSR count). The lowest BCUT2D eigenvalue weighted by Crippen LogP contribution is -2.13. The van der Waals surface area contributed by atoms with E-state index in [4.69, 9.17) is 5.84 Å². The van der Waals surface area contributed by atoms with Gasteiger partial charge in [-0.25, -0.2) is 15.8 Å².